The zero-order valence-corrected chi connectivity index (χ0v) is 13.8. The summed E-state index contributed by atoms with van der Waals surface area (Å²) in [6.07, 6.45) is 3.82. The largest absolute Gasteiger partial charge is 0.452 e. The lowest BCUT2D eigenvalue weighted by Gasteiger charge is -2.35. The van der Waals surface area contributed by atoms with Gasteiger partial charge in [-0.3, -0.25) is 4.79 Å². The molecule has 2 heterocycles. The standard InChI is InChI=1S/C15H24ClN3O2/c1-17-7-4-12(5-8-17)18(2)9-10-19(3)15(20)13-6-11-21-14(13)16/h6,11-12H,4-5,7-10H2,1-3H3. The van der Waals surface area contributed by atoms with E-state index in [0.717, 1.165) is 19.6 Å². The Morgan fingerprint density at radius 3 is 2.62 bits per heavy atom. The molecule has 1 aromatic rings. The van der Waals surface area contributed by atoms with Gasteiger partial charge in [-0.1, -0.05) is 0 Å². The van der Waals surface area contributed by atoms with Crippen molar-refractivity contribution in [3.8, 4) is 0 Å². The third-order valence-electron chi connectivity index (χ3n) is 4.29. The molecular weight excluding hydrogens is 290 g/mol. The Morgan fingerprint density at radius 2 is 2.05 bits per heavy atom. The number of hydrogen-bond donors (Lipinski definition) is 0. The minimum Gasteiger partial charge on any atom is -0.452 e. The van der Waals surface area contributed by atoms with Crippen molar-refractivity contribution in [3.05, 3.63) is 23.1 Å². The van der Waals surface area contributed by atoms with E-state index in [0.29, 0.717) is 18.2 Å². The molecule has 0 aliphatic carbocycles. The first-order chi connectivity index (χ1) is 9.99. The number of hydrogen-bond acceptors (Lipinski definition) is 4. The molecule has 1 aliphatic rings. The summed E-state index contributed by atoms with van der Waals surface area (Å²) in [6.45, 7) is 3.85. The Balaban J connectivity index is 1.79. The van der Waals surface area contributed by atoms with E-state index in [4.69, 9.17) is 16.0 Å². The minimum absolute atomic E-state index is 0.0921. The fourth-order valence-corrected chi connectivity index (χ4v) is 2.87. The smallest absolute Gasteiger partial charge is 0.258 e. The molecule has 0 spiro atoms. The van der Waals surface area contributed by atoms with E-state index < -0.39 is 0 Å². The SMILES string of the molecule is CN1CCC(N(C)CCN(C)C(=O)c2ccoc2Cl)CC1. The average molecular weight is 314 g/mol. The molecule has 1 aliphatic heterocycles. The summed E-state index contributed by atoms with van der Waals surface area (Å²) in [5.74, 6) is -0.0921. The first kappa shape index (κ1) is 16.3. The lowest BCUT2D eigenvalue weighted by atomic mass is 10.0. The molecule has 0 N–H and O–H groups in total. The predicted molar refractivity (Wildman–Crippen MR) is 83.8 cm³/mol. The Hall–Kier alpha value is -1.04. The van der Waals surface area contributed by atoms with Gasteiger partial charge in [0.05, 0.1) is 11.8 Å². The van der Waals surface area contributed by atoms with Gasteiger partial charge < -0.3 is 19.1 Å². The van der Waals surface area contributed by atoms with Crippen molar-refractivity contribution in [1.82, 2.24) is 14.7 Å². The summed E-state index contributed by atoms with van der Waals surface area (Å²) < 4.78 is 4.97. The van der Waals surface area contributed by atoms with Gasteiger partial charge in [0.2, 0.25) is 5.22 Å². The van der Waals surface area contributed by atoms with Crippen LogP contribution in [-0.2, 0) is 0 Å². The number of carbonyl (C=O) groups is 1. The van der Waals surface area contributed by atoms with E-state index in [9.17, 15) is 4.79 Å². The van der Waals surface area contributed by atoms with Crippen LogP contribution in [0.5, 0.6) is 0 Å². The number of rotatable bonds is 5. The lowest BCUT2D eigenvalue weighted by Crippen LogP contribution is -2.44. The summed E-state index contributed by atoms with van der Waals surface area (Å²) in [5, 5.41) is 0.163. The maximum absolute atomic E-state index is 12.2. The van der Waals surface area contributed by atoms with E-state index in [1.165, 1.54) is 19.1 Å². The molecule has 0 atom stereocenters. The molecule has 0 unspecified atom stereocenters. The van der Waals surface area contributed by atoms with Gasteiger partial charge in [-0.2, -0.15) is 0 Å². The zero-order chi connectivity index (χ0) is 15.4. The highest BCUT2D eigenvalue weighted by molar-refractivity contribution is 6.32. The summed E-state index contributed by atoms with van der Waals surface area (Å²) in [6, 6.07) is 2.23. The number of piperidine rings is 1. The van der Waals surface area contributed by atoms with Gasteiger partial charge in [0.25, 0.3) is 5.91 Å². The number of amides is 1. The Morgan fingerprint density at radius 1 is 1.38 bits per heavy atom. The van der Waals surface area contributed by atoms with E-state index in [1.807, 2.05) is 0 Å². The molecule has 1 fully saturated rings. The highest BCUT2D eigenvalue weighted by Gasteiger charge is 2.22. The van der Waals surface area contributed by atoms with Crippen LogP contribution < -0.4 is 0 Å². The summed E-state index contributed by atoms with van der Waals surface area (Å²) in [4.78, 5) is 18.6. The van der Waals surface area contributed by atoms with Crippen molar-refractivity contribution in [2.24, 2.45) is 0 Å². The second kappa shape index (κ2) is 7.29. The van der Waals surface area contributed by atoms with Gasteiger partial charge in [0, 0.05) is 26.2 Å². The van der Waals surface area contributed by atoms with Crippen molar-refractivity contribution >= 4 is 17.5 Å². The van der Waals surface area contributed by atoms with Crippen molar-refractivity contribution < 1.29 is 9.21 Å². The molecule has 0 bridgehead atoms. The highest BCUT2D eigenvalue weighted by atomic mass is 35.5. The molecule has 0 saturated carbocycles. The first-order valence-corrected chi connectivity index (χ1v) is 7.74. The third-order valence-corrected chi connectivity index (χ3v) is 4.59. The Bertz CT molecular complexity index is 469. The van der Waals surface area contributed by atoms with E-state index >= 15 is 0 Å². The average Bonchev–Trinajstić information content (AvgIpc) is 2.90. The van der Waals surface area contributed by atoms with Crippen LogP contribution in [0.25, 0.3) is 0 Å². The normalized spacial score (nSPS) is 17.4. The van der Waals surface area contributed by atoms with Crippen LogP contribution >= 0.6 is 11.6 Å². The molecule has 1 saturated heterocycles. The van der Waals surface area contributed by atoms with E-state index in [2.05, 4.69) is 23.9 Å². The maximum Gasteiger partial charge on any atom is 0.258 e. The number of likely N-dealkylation sites (tertiary alicyclic amines) is 1. The molecule has 21 heavy (non-hydrogen) atoms. The van der Waals surface area contributed by atoms with Crippen LogP contribution in [0.15, 0.2) is 16.7 Å². The molecule has 1 aromatic heterocycles. The van der Waals surface area contributed by atoms with Gasteiger partial charge in [-0.05, 0) is 57.7 Å². The van der Waals surface area contributed by atoms with Crippen molar-refractivity contribution in [3.63, 3.8) is 0 Å². The molecule has 0 aromatic carbocycles. The maximum atomic E-state index is 12.2. The van der Waals surface area contributed by atoms with Crippen molar-refractivity contribution in [1.29, 1.82) is 0 Å². The van der Waals surface area contributed by atoms with Crippen LogP contribution in [0.4, 0.5) is 0 Å². The third kappa shape index (κ3) is 4.22. The minimum atomic E-state index is -0.0921. The molecule has 0 radical (unpaired) electrons. The number of furan rings is 1. The summed E-state index contributed by atoms with van der Waals surface area (Å²) in [7, 11) is 6.10. The van der Waals surface area contributed by atoms with Crippen LogP contribution in [0.3, 0.4) is 0 Å². The molecule has 6 heteroatoms. The Labute approximate surface area is 131 Å². The molecule has 118 valence electrons. The van der Waals surface area contributed by atoms with Gasteiger partial charge in [-0.25, -0.2) is 0 Å². The van der Waals surface area contributed by atoms with Crippen LogP contribution in [-0.4, -0.2) is 74.0 Å². The quantitative estimate of drug-likeness (QED) is 0.834. The number of halogens is 1. The molecule has 2 rings (SSSR count). The topological polar surface area (TPSA) is 39.9 Å². The summed E-state index contributed by atoms with van der Waals surface area (Å²) in [5.41, 5.74) is 0.432. The highest BCUT2D eigenvalue weighted by Crippen LogP contribution is 2.18. The number of nitrogens with zero attached hydrogens (tertiary/aromatic N) is 3. The van der Waals surface area contributed by atoms with Crippen LogP contribution in [0, 0.1) is 0 Å². The van der Waals surface area contributed by atoms with Crippen molar-refractivity contribution in [2.45, 2.75) is 18.9 Å². The first-order valence-electron chi connectivity index (χ1n) is 7.36. The fraction of sp³-hybridized carbons (Fsp3) is 0.667. The number of carbonyl (C=O) groups excluding carboxylic acids is 1. The zero-order valence-electron chi connectivity index (χ0n) is 13.0. The second-order valence-electron chi connectivity index (χ2n) is 5.85. The predicted octanol–water partition coefficient (Wildman–Crippen LogP) is 2.03. The molecule has 1 amide bonds. The number of likely N-dealkylation sites (N-methyl/N-ethyl adjacent to an activating group) is 2. The molecule has 5 nitrogen and oxygen atoms in total. The van der Waals surface area contributed by atoms with Crippen molar-refractivity contribution in [2.75, 3.05) is 47.3 Å². The summed E-state index contributed by atoms with van der Waals surface area (Å²) >= 11 is 5.85. The van der Waals surface area contributed by atoms with Gasteiger partial charge >= 0.3 is 0 Å². The molecular formula is C15H24ClN3O2. The lowest BCUT2D eigenvalue weighted by molar-refractivity contribution is 0.0758. The van der Waals surface area contributed by atoms with Crippen LogP contribution in [0.2, 0.25) is 5.22 Å². The second-order valence-corrected chi connectivity index (χ2v) is 6.19. The fourth-order valence-electron chi connectivity index (χ4n) is 2.68. The van der Waals surface area contributed by atoms with E-state index in [-0.39, 0.29) is 11.1 Å². The van der Waals surface area contributed by atoms with Gasteiger partial charge in [-0.15, -0.1) is 0 Å². The van der Waals surface area contributed by atoms with Crippen LogP contribution in [0.1, 0.15) is 23.2 Å². The monoisotopic (exact) mass is 313 g/mol. The van der Waals surface area contributed by atoms with E-state index in [1.54, 1.807) is 18.0 Å². The Kier molecular flexibility index (Phi) is 5.67. The van der Waals surface area contributed by atoms with Gasteiger partial charge in [0.15, 0.2) is 0 Å². The van der Waals surface area contributed by atoms with Gasteiger partial charge in [0.1, 0.15) is 0 Å².